The maximum atomic E-state index is 13.8. The zero-order valence-corrected chi connectivity index (χ0v) is 12.1. The molecule has 1 aromatic rings. The molecular formula is C14H22ClFN2O. The van der Waals surface area contributed by atoms with Crippen LogP contribution in [-0.4, -0.2) is 6.61 Å². The smallest absolute Gasteiger partial charge is 0.187 e. The van der Waals surface area contributed by atoms with Crippen LogP contribution in [0.25, 0.3) is 0 Å². The van der Waals surface area contributed by atoms with Gasteiger partial charge in [0.15, 0.2) is 11.6 Å². The average molecular weight is 289 g/mol. The number of anilines is 2. The van der Waals surface area contributed by atoms with Gasteiger partial charge in [0.2, 0.25) is 0 Å². The summed E-state index contributed by atoms with van der Waals surface area (Å²) in [5.41, 5.74) is 11.5. The Bertz CT molecular complexity index is 413. The molecule has 1 aromatic carbocycles. The summed E-state index contributed by atoms with van der Waals surface area (Å²) < 4.78 is 19.2. The SMILES string of the molecule is CCCCCCCCOc1c(N)cc(N)c(Cl)c1F. The molecule has 0 bridgehead atoms. The van der Waals surface area contributed by atoms with Crippen molar-refractivity contribution in [3.63, 3.8) is 0 Å². The van der Waals surface area contributed by atoms with Gasteiger partial charge in [-0.3, -0.25) is 0 Å². The van der Waals surface area contributed by atoms with E-state index in [1.54, 1.807) is 0 Å². The molecule has 0 saturated heterocycles. The van der Waals surface area contributed by atoms with Gasteiger partial charge in [0.25, 0.3) is 0 Å². The van der Waals surface area contributed by atoms with Crippen LogP contribution < -0.4 is 16.2 Å². The summed E-state index contributed by atoms with van der Waals surface area (Å²) >= 11 is 5.72. The highest BCUT2D eigenvalue weighted by atomic mass is 35.5. The van der Waals surface area contributed by atoms with Gasteiger partial charge in [-0.15, -0.1) is 0 Å². The molecule has 0 atom stereocenters. The molecule has 0 amide bonds. The molecule has 0 fully saturated rings. The molecular weight excluding hydrogens is 267 g/mol. The number of hydrogen-bond acceptors (Lipinski definition) is 3. The number of hydrogen-bond donors (Lipinski definition) is 2. The van der Waals surface area contributed by atoms with E-state index in [1.165, 1.54) is 31.7 Å². The number of halogens is 2. The second-order valence-corrected chi connectivity index (χ2v) is 5.01. The molecule has 0 aliphatic heterocycles. The molecule has 0 radical (unpaired) electrons. The number of ether oxygens (including phenoxy) is 1. The van der Waals surface area contributed by atoms with E-state index in [-0.39, 0.29) is 22.1 Å². The number of benzene rings is 1. The third-order valence-corrected chi connectivity index (χ3v) is 3.35. The maximum Gasteiger partial charge on any atom is 0.187 e. The van der Waals surface area contributed by atoms with Gasteiger partial charge in [-0.1, -0.05) is 50.6 Å². The normalized spacial score (nSPS) is 10.7. The van der Waals surface area contributed by atoms with Crippen molar-refractivity contribution < 1.29 is 9.13 Å². The Morgan fingerprint density at radius 1 is 1.11 bits per heavy atom. The molecule has 3 nitrogen and oxygen atoms in total. The monoisotopic (exact) mass is 288 g/mol. The third-order valence-electron chi connectivity index (χ3n) is 2.96. The van der Waals surface area contributed by atoms with Crippen LogP contribution in [0, 0.1) is 5.82 Å². The fourth-order valence-electron chi connectivity index (χ4n) is 1.85. The standard InChI is InChI=1S/C14H22ClFN2O/c1-2-3-4-5-6-7-8-19-14-11(18)9-10(17)12(15)13(14)16/h9H,2-8,17-18H2,1H3. The molecule has 4 N–H and O–H groups in total. The van der Waals surface area contributed by atoms with Crippen molar-refractivity contribution in [2.24, 2.45) is 0 Å². The largest absolute Gasteiger partial charge is 0.488 e. The second kappa shape index (κ2) is 8.10. The second-order valence-electron chi connectivity index (χ2n) is 4.63. The van der Waals surface area contributed by atoms with Crippen LogP contribution in [0.2, 0.25) is 5.02 Å². The Labute approximate surface area is 119 Å². The van der Waals surface area contributed by atoms with Crippen molar-refractivity contribution >= 4 is 23.0 Å². The van der Waals surface area contributed by atoms with Crippen LogP contribution in [0.15, 0.2) is 6.07 Å². The number of nitrogens with two attached hydrogens (primary N) is 2. The molecule has 0 heterocycles. The van der Waals surface area contributed by atoms with E-state index < -0.39 is 5.82 Å². The Kier molecular flexibility index (Phi) is 6.78. The van der Waals surface area contributed by atoms with Crippen molar-refractivity contribution in [1.82, 2.24) is 0 Å². The van der Waals surface area contributed by atoms with Gasteiger partial charge in [0.1, 0.15) is 5.02 Å². The van der Waals surface area contributed by atoms with E-state index in [1.807, 2.05) is 0 Å². The Morgan fingerprint density at radius 3 is 2.42 bits per heavy atom. The molecule has 0 aliphatic rings. The molecule has 1 rings (SSSR count). The van der Waals surface area contributed by atoms with Crippen molar-refractivity contribution in [3.8, 4) is 5.75 Å². The van der Waals surface area contributed by atoms with Gasteiger partial charge >= 0.3 is 0 Å². The van der Waals surface area contributed by atoms with Gasteiger partial charge in [-0.2, -0.15) is 0 Å². The van der Waals surface area contributed by atoms with Gasteiger partial charge in [-0.25, -0.2) is 4.39 Å². The fraction of sp³-hybridized carbons (Fsp3) is 0.571. The van der Waals surface area contributed by atoms with E-state index in [0.29, 0.717) is 6.61 Å². The summed E-state index contributed by atoms with van der Waals surface area (Å²) in [5.74, 6) is -0.669. The minimum absolute atomic E-state index is 0.00718. The molecule has 0 aliphatic carbocycles. The van der Waals surface area contributed by atoms with E-state index in [0.717, 1.165) is 12.8 Å². The van der Waals surface area contributed by atoms with Crippen LogP contribution in [0.3, 0.4) is 0 Å². The first-order valence-corrected chi connectivity index (χ1v) is 7.11. The van der Waals surface area contributed by atoms with Gasteiger partial charge in [0, 0.05) is 0 Å². The summed E-state index contributed by atoms with van der Waals surface area (Å²) in [6, 6.07) is 1.42. The maximum absolute atomic E-state index is 13.8. The van der Waals surface area contributed by atoms with Crippen LogP contribution in [0.5, 0.6) is 5.75 Å². The minimum atomic E-state index is -0.676. The van der Waals surface area contributed by atoms with Crippen LogP contribution in [0.4, 0.5) is 15.8 Å². The molecule has 19 heavy (non-hydrogen) atoms. The van der Waals surface area contributed by atoms with Crippen molar-refractivity contribution in [2.75, 3.05) is 18.1 Å². The van der Waals surface area contributed by atoms with E-state index >= 15 is 0 Å². The number of nitrogen functional groups attached to an aromatic ring is 2. The van der Waals surface area contributed by atoms with Crippen molar-refractivity contribution in [1.29, 1.82) is 0 Å². The topological polar surface area (TPSA) is 61.3 Å². The van der Waals surface area contributed by atoms with E-state index in [4.69, 9.17) is 27.8 Å². The summed E-state index contributed by atoms with van der Waals surface area (Å²) in [6.07, 6.45) is 6.85. The lowest BCUT2D eigenvalue weighted by Crippen LogP contribution is -2.04. The first-order chi connectivity index (χ1) is 9.07. The Balaban J connectivity index is 2.39. The first kappa shape index (κ1) is 15.9. The third kappa shape index (κ3) is 4.78. The highest BCUT2D eigenvalue weighted by Gasteiger charge is 2.15. The summed E-state index contributed by atoms with van der Waals surface area (Å²) in [5, 5.41) is -0.132. The first-order valence-electron chi connectivity index (χ1n) is 6.73. The zero-order valence-electron chi connectivity index (χ0n) is 11.3. The molecule has 0 saturated carbocycles. The Morgan fingerprint density at radius 2 is 1.74 bits per heavy atom. The number of rotatable bonds is 8. The molecule has 0 aromatic heterocycles. The molecule has 5 heteroatoms. The molecule has 0 unspecified atom stereocenters. The van der Waals surface area contributed by atoms with Crippen LogP contribution in [0.1, 0.15) is 45.4 Å². The van der Waals surface area contributed by atoms with Gasteiger partial charge < -0.3 is 16.2 Å². The molecule has 108 valence electrons. The van der Waals surface area contributed by atoms with E-state index in [9.17, 15) is 4.39 Å². The predicted octanol–water partition coefficient (Wildman–Crippen LogP) is 4.38. The zero-order chi connectivity index (χ0) is 14.3. The van der Waals surface area contributed by atoms with Crippen LogP contribution in [-0.2, 0) is 0 Å². The summed E-state index contributed by atoms with van der Waals surface area (Å²) in [7, 11) is 0. The summed E-state index contributed by atoms with van der Waals surface area (Å²) in [4.78, 5) is 0. The van der Waals surface area contributed by atoms with E-state index in [2.05, 4.69) is 6.92 Å². The predicted molar refractivity (Wildman–Crippen MR) is 79.1 cm³/mol. The van der Waals surface area contributed by atoms with Crippen molar-refractivity contribution in [3.05, 3.63) is 16.9 Å². The highest BCUT2D eigenvalue weighted by molar-refractivity contribution is 6.33. The van der Waals surface area contributed by atoms with Gasteiger partial charge in [-0.05, 0) is 12.5 Å². The van der Waals surface area contributed by atoms with Gasteiger partial charge in [0.05, 0.1) is 18.0 Å². The highest BCUT2D eigenvalue weighted by Crippen LogP contribution is 2.35. The summed E-state index contributed by atoms with van der Waals surface area (Å²) in [6.45, 7) is 2.62. The quantitative estimate of drug-likeness (QED) is 0.551. The van der Waals surface area contributed by atoms with Crippen molar-refractivity contribution in [2.45, 2.75) is 45.4 Å². The fourth-order valence-corrected chi connectivity index (χ4v) is 1.99. The lowest BCUT2D eigenvalue weighted by molar-refractivity contribution is 0.292. The lowest BCUT2D eigenvalue weighted by Gasteiger charge is -2.12. The minimum Gasteiger partial charge on any atom is -0.488 e. The lowest BCUT2D eigenvalue weighted by atomic mass is 10.1. The number of unbranched alkanes of at least 4 members (excludes halogenated alkanes) is 5. The average Bonchev–Trinajstić information content (AvgIpc) is 2.38. The molecule has 0 spiro atoms. The Hall–Kier alpha value is -1.16. The van der Waals surface area contributed by atoms with Crippen LogP contribution >= 0.6 is 11.6 Å².